The summed E-state index contributed by atoms with van der Waals surface area (Å²) in [5.74, 6) is 1.19. The van der Waals surface area contributed by atoms with E-state index in [2.05, 4.69) is 17.2 Å². The third-order valence-electron chi connectivity index (χ3n) is 1.89. The van der Waals surface area contributed by atoms with Gasteiger partial charge in [0.1, 0.15) is 11.5 Å². The van der Waals surface area contributed by atoms with Crippen LogP contribution >= 0.6 is 0 Å². The molecule has 0 saturated carbocycles. The molecule has 0 bridgehead atoms. The Morgan fingerprint density at radius 3 is 2.69 bits per heavy atom. The quantitative estimate of drug-likeness (QED) is 0.818. The van der Waals surface area contributed by atoms with E-state index in [1.54, 1.807) is 25.3 Å². The van der Waals surface area contributed by atoms with Gasteiger partial charge in [0.05, 0.1) is 19.9 Å². The molecule has 16 heavy (non-hydrogen) atoms. The lowest BCUT2D eigenvalue weighted by Gasteiger charge is -2.11. The second-order valence-electron chi connectivity index (χ2n) is 2.87. The average Bonchev–Trinajstić information content (AvgIpc) is 2.29. The lowest BCUT2D eigenvalue weighted by Crippen LogP contribution is -2.23. The number of rotatable bonds is 4. The number of ether oxygens (including phenoxy) is 2. The molecule has 86 valence electrons. The van der Waals surface area contributed by atoms with Crippen LogP contribution in [0.4, 0.5) is 10.5 Å². The van der Waals surface area contributed by atoms with E-state index in [1.807, 2.05) is 0 Å². The first-order chi connectivity index (χ1) is 7.71. The van der Waals surface area contributed by atoms with Gasteiger partial charge in [-0.2, -0.15) is 0 Å². The molecule has 1 aromatic rings. The maximum atomic E-state index is 11.3. The zero-order chi connectivity index (χ0) is 12.0. The Morgan fingerprint density at radius 1 is 1.38 bits per heavy atom. The molecule has 2 amide bonds. The summed E-state index contributed by atoms with van der Waals surface area (Å²) in [7, 11) is 3.08. The molecule has 0 aliphatic rings. The van der Waals surface area contributed by atoms with Gasteiger partial charge in [-0.15, -0.1) is 0 Å². The van der Waals surface area contributed by atoms with E-state index >= 15 is 0 Å². The van der Waals surface area contributed by atoms with E-state index in [-0.39, 0.29) is 6.03 Å². The maximum Gasteiger partial charge on any atom is 0.323 e. The van der Waals surface area contributed by atoms with Crippen molar-refractivity contribution in [2.75, 3.05) is 19.5 Å². The van der Waals surface area contributed by atoms with Crippen LogP contribution in [0, 0.1) is 0 Å². The van der Waals surface area contributed by atoms with Crippen molar-refractivity contribution in [2.24, 2.45) is 0 Å². The number of nitrogens with one attached hydrogen (secondary N) is 2. The topological polar surface area (TPSA) is 59.6 Å². The van der Waals surface area contributed by atoms with Crippen LogP contribution < -0.4 is 20.1 Å². The van der Waals surface area contributed by atoms with Gasteiger partial charge in [0.25, 0.3) is 0 Å². The molecule has 0 aliphatic carbocycles. The monoisotopic (exact) mass is 222 g/mol. The van der Waals surface area contributed by atoms with Gasteiger partial charge in [-0.3, -0.25) is 0 Å². The van der Waals surface area contributed by atoms with Crippen LogP contribution in [0.25, 0.3) is 0 Å². The van der Waals surface area contributed by atoms with Crippen LogP contribution in [0.5, 0.6) is 11.5 Å². The van der Waals surface area contributed by atoms with Gasteiger partial charge in [-0.05, 0) is 18.3 Å². The van der Waals surface area contributed by atoms with Crippen LogP contribution in [0.15, 0.2) is 31.0 Å². The normalized spacial score (nSPS) is 9.12. The Balaban J connectivity index is 2.90. The van der Waals surface area contributed by atoms with E-state index in [9.17, 15) is 4.79 Å². The van der Waals surface area contributed by atoms with Crippen molar-refractivity contribution in [1.29, 1.82) is 0 Å². The molecule has 0 fully saturated rings. The van der Waals surface area contributed by atoms with E-state index in [0.717, 1.165) is 0 Å². The zero-order valence-corrected chi connectivity index (χ0v) is 9.24. The molecule has 5 heteroatoms. The summed E-state index contributed by atoms with van der Waals surface area (Å²) in [6.07, 6.45) is 1.29. The summed E-state index contributed by atoms with van der Waals surface area (Å²) >= 11 is 0. The summed E-state index contributed by atoms with van der Waals surface area (Å²) in [5.41, 5.74) is 0.529. The van der Waals surface area contributed by atoms with Crippen molar-refractivity contribution < 1.29 is 14.3 Å². The van der Waals surface area contributed by atoms with Gasteiger partial charge in [0, 0.05) is 6.07 Å². The van der Waals surface area contributed by atoms with Crippen LogP contribution in [0.3, 0.4) is 0 Å². The number of carbonyl (C=O) groups is 1. The van der Waals surface area contributed by atoms with Crippen molar-refractivity contribution in [3.63, 3.8) is 0 Å². The predicted octanol–water partition coefficient (Wildman–Crippen LogP) is 1.97. The van der Waals surface area contributed by atoms with Gasteiger partial charge in [0.2, 0.25) is 0 Å². The van der Waals surface area contributed by atoms with Crippen molar-refractivity contribution in [3.05, 3.63) is 31.0 Å². The highest BCUT2D eigenvalue weighted by Crippen LogP contribution is 2.28. The molecule has 0 spiro atoms. The molecule has 1 aromatic carbocycles. The molecule has 0 heterocycles. The van der Waals surface area contributed by atoms with Crippen LogP contribution in [-0.2, 0) is 0 Å². The zero-order valence-electron chi connectivity index (χ0n) is 9.24. The Labute approximate surface area is 94.1 Å². The van der Waals surface area contributed by atoms with Gasteiger partial charge in [-0.25, -0.2) is 4.79 Å². The largest absolute Gasteiger partial charge is 0.497 e. The first kappa shape index (κ1) is 11.9. The molecule has 0 aromatic heterocycles. The third-order valence-corrected chi connectivity index (χ3v) is 1.89. The lowest BCUT2D eigenvalue weighted by atomic mass is 10.2. The SMILES string of the molecule is C=CNC(=O)Nc1cc(OC)ccc1OC. The Bertz CT molecular complexity index is 391. The van der Waals surface area contributed by atoms with Crippen molar-refractivity contribution in [1.82, 2.24) is 5.32 Å². The summed E-state index contributed by atoms with van der Waals surface area (Å²) in [4.78, 5) is 11.3. The number of carbonyl (C=O) groups excluding carboxylic acids is 1. The number of benzene rings is 1. The molecule has 1 rings (SSSR count). The molecule has 0 unspecified atom stereocenters. The minimum atomic E-state index is -0.387. The molecular formula is C11H14N2O3. The predicted molar refractivity (Wildman–Crippen MR) is 61.9 cm³/mol. The summed E-state index contributed by atoms with van der Waals surface area (Å²) in [6.45, 7) is 3.39. The first-order valence-electron chi connectivity index (χ1n) is 4.61. The smallest absolute Gasteiger partial charge is 0.323 e. The Morgan fingerprint density at radius 2 is 2.12 bits per heavy atom. The standard InChI is InChI=1S/C11H14N2O3/c1-4-12-11(14)13-9-7-8(15-2)5-6-10(9)16-3/h4-7H,1H2,2-3H3,(H2,12,13,14). The number of hydrogen-bond acceptors (Lipinski definition) is 3. The lowest BCUT2D eigenvalue weighted by molar-refractivity contribution is 0.255. The molecule has 2 N–H and O–H groups in total. The fourth-order valence-corrected chi connectivity index (χ4v) is 1.16. The number of methoxy groups -OCH3 is 2. The third kappa shape index (κ3) is 2.91. The maximum absolute atomic E-state index is 11.3. The van der Waals surface area contributed by atoms with Gasteiger partial charge in [-0.1, -0.05) is 6.58 Å². The summed E-state index contributed by atoms with van der Waals surface area (Å²) in [6, 6.07) is 4.74. The molecule has 0 saturated heterocycles. The van der Waals surface area contributed by atoms with E-state index in [4.69, 9.17) is 9.47 Å². The van der Waals surface area contributed by atoms with Crippen molar-refractivity contribution in [3.8, 4) is 11.5 Å². The number of hydrogen-bond donors (Lipinski definition) is 2. The molecule has 0 atom stereocenters. The number of urea groups is 1. The second kappa shape index (κ2) is 5.65. The minimum Gasteiger partial charge on any atom is -0.497 e. The van der Waals surface area contributed by atoms with Crippen LogP contribution in [-0.4, -0.2) is 20.3 Å². The van der Waals surface area contributed by atoms with Gasteiger partial charge in [0.15, 0.2) is 0 Å². The summed E-state index contributed by atoms with van der Waals surface area (Å²) < 4.78 is 10.1. The first-order valence-corrected chi connectivity index (χ1v) is 4.61. The van der Waals surface area contributed by atoms with Crippen LogP contribution in [0.2, 0.25) is 0 Å². The average molecular weight is 222 g/mol. The van der Waals surface area contributed by atoms with Crippen molar-refractivity contribution >= 4 is 11.7 Å². The fourth-order valence-electron chi connectivity index (χ4n) is 1.16. The molecule has 5 nitrogen and oxygen atoms in total. The van der Waals surface area contributed by atoms with E-state index in [0.29, 0.717) is 17.2 Å². The highest BCUT2D eigenvalue weighted by molar-refractivity contribution is 5.91. The van der Waals surface area contributed by atoms with Gasteiger partial charge < -0.3 is 20.1 Å². The van der Waals surface area contributed by atoms with Crippen molar-refractivity contribution in [2.45, 2.75) is 0 Å². The van der Waals surface area contributed by atoms with E-state index < -0.39 is 0 Å². The Hall–Kier alpha value is -2.17. The second-order valence-corrected chi connectivity index (χ2v) is 2.87. The number of anilines is 1. The minimum absolute atomic E-state index is 0.387. The van der Waals surface area contributed by atoms with Gasteiger partial charge >= 0.3 is 6.03 Å². The van der Waals surface area contributed by atoms with Crippen LogP contribution in [0.1, 0.15) is 0 Å². The molecular weight excluding hydrogens is 208 g/mol. The fraction of sp³-hybridized carbons (Fsp3) is 0.182. The highest BCUT2D eigenvalue weighted by Gasteiger charge is 2.07. The Kier molecular flexibility index (Phi) is 4.20. The van der Waals surface area contributed by atoms with E-state index in [1.165, 1.54) is 13.3 Å². The highest BCUT2D eigenvalue weighted by atomic mass is 16.5. The molecule has 0 aliphatic heterocycles. The summed E-state index contributed by atoms with van der Waals surface area (Å²) in [5, 5.41) is 5.01. The number of amides is 2. The molecule has 0 radical (unpaired) electrons.